The van der Waals surface area contributed by atoms with E-state index in [-0.39, 0.29) is 13.0 Å². The maximum absolute atomic E-state index is 11.5. The standard InChI is InChI=1S/C14H26O5/c1-3-5-9-18-10-6-8-13(16)19-14(17)12(11-15)7-4-2/h12,15H,3-11H2,1-2H3. The molecule has 0 aliphatic rings. The average molecular weight is 274 g/mol. The van der Waals surface area contributed by atoms with Gasteiger partial charge >= 0.3 is 11.9 Å². The summed E-state index contributed by atoms with van der Waals surface area (Å²) in [6, 6.07) is 0. The van der Waals surface area contributed by atoms with Crippen LogP contribution in [0.5, 0.6) is 0 Å². The first-order valence-electron chi connectivity index (χ1n) is 7.08. The Morgan fingerprint density at radius 2 is 1.79 bits per heavy atom. The molecule has 0 spiro atoms. The summed E-state index contributed by atoms with van der Waals surface area (Å²) in [7, 11) is 0. The zero-order valence-corrected chi connectivity index (χ0v) is 12.0. The second-order valence-electron chi connectivity index (χ2n) is 4.53. The predicted molar refractivity (Wildman–Crippen MR) is 71.5 cm³/mol. The molecule has 1 unspecified atom stereocenters. The Bertz CT molecular complexity index is 252. The third-order valence-corrected chi connectivity index (χ3v) is 2.72. The smallest absolute Gasteiger partial charge is 0.318 e. The monoisotopic (exact) mass is 274 g/mol. The number of carbonyl (C=O) groups is 2. The summed E-state index contributed by atoms with van der Waals surface area (Å²) < 4.78 is 9.99. The minimum Gasteiger partial charge on any atom is -0.395 e. The van der Waals surface area contributed by atoms with Crippen LogP contribution in [0.4, 0.5) is 0 Å². The normalized spacial score (nSPS) is 12.2. The van der Waals surface area contributed by atoms with E-state index in [1.807, 2.05) is 6.92 Å². The van der Waals surface area contributed by atoms with Crippen molar-refractivity contribution in [2.45, 2.75) is 52.4 Å². The highest BCUT2D eigenvalue weighted by Gasteiger charge is 2.20. The Hall–Kier alpha value is -0.940. The van der Waals surface area contributed by atoms with Crippen LogP contribution in [0.1, 0.15) is 52.4 Å². The maximum Gasteiger partial charge on any atom is 0.318 e. The van der Waals surface area contributed by atoms with Crippen LogP contribution in [0.3, 0.4) is 0 Å². The Morgan fingerprint density at radius 3 is 2.37 bits per heavy atom. The fraction of sp³-hybridized carbons (Fsp3) is 0.857. The fourth-order valence-electron chi connectivity index (χ4n) is 1.55. The summed E-state index contributed by atoms with van der Waals surface area (Å²) in [5.41, 5.74) is 0. The van der Waals surface area contributed by atoms with Gasteiger partial charge in [0.05, 0.1) is 12.5 Å². The molecule has 0 saturated heterocycles. The molecule has 0 saturated carbocycles. The van der Waals surface area contributed by atoms with E-state index in [0.29, 0.717) is 26.1 Å². The van der Waals surface area contributed by atoms with Crippen molar-refractivity contribution >= 4 is 11.9 Å². The van der Waals surface area contributed by atoms with Gasteiger partial charge in [0.2, 0.25) is 0 Å². The lowest BCUT2D eigenvalue weighted by Gasteiger charge is -2.11. The molecule has 112 valence electrons. The number of rotatable bonds is 11. The minimum absolute atomic E-state index is 0.169. The molecule has 1 N–H and O–H groups in total. The summed E-state index contributed by atoms with van der Waals surface area (Å²) in [6.45, 7) is 4.92. The number of hydrogen-bond acceptors (Lipinski definition) is 5. The van der Waals surface area contributed by atoms with E-state index in [1.54, 1.807) is 0 Å². The van der Waals surface area contributed by atoms with Crippen molar-refractivity contribution in [1.29, 1.82) is 0 Å². The Balaban J connectivity index is 3.69. The van der Waals surface area contributed by atoms with E-state index in [2.05, 4.69) is 6.92 Å². The molecular formula is C14H26O5. The van der Waals surface area contributed by atoms with Gasteiger partial charge in [0.25, 0.3) is 0 Å². The zero-order valence-electron chi connectivity index (χ0n) is 12.0. The van der Waals surface area contributed by atoms with E-state index in [4.69, 9.17) is 14.6 Å². The van der Waals surface area contributed by atoms with E-state index < -0.39 is 17.9 Å². The van der Waals surface area contributed by atoms with Crippen LogP contribution in [-0.4, -0.2) is 36.9 Å². The Morgan fingerprint density at radius 1 is 1.11 bits per heavy atom. The second-order valence-corrected chi connectivity index (χ2v) is 4.53. The fourth-order valence-corrected chi connectivity index (χ4v) is 1.55. The highest BCUT2D eigenvalue weighted by atomic mass is 16.6. The van der Waals surface area contributed by atoms with Gasteiger partial charge in [0, 0.05) is 19.6 Å². The van der Waals surface area contributed by atoms with Crippen molar-refractivity contribution in [3.8, 4) is 0 Å². The summed E-state index contributed by atoms with van der Waals surface area (Å²) in [4.78, 5) is 22.9. The van der Waals surface area contributed by atoms with Crippen molar-refractivity contribution in [3.05, 3.63) is 0 Å². The molecule has 0 heterocycles. The van der Waals surface area contributed by atoms with Crippen LogP contribution >= 0.6 is 0 Å². The summed E-state index contributed by atoms with van der Waals surface area (Å²) in [5, 5.41) is 9.00. The Kier molecular flexibility index (Phi) is 11.5. The third kappa shape index (κ3) is 9.62. The SMILES string of the molecule is CCCCOCCCC(=O)OC(=O)C(CO)CCC. The molecule has 0 radical (unpaired) electrons. The molecule has 0 rings (SSSR count). The minimum atomic E-state index is -0.624. The summed E-state index contributed by atoms with van der Waals surface area (Å²) in [5.74, 6) is -1.75. The van der Waals surface area contributed by atoms with Crippen molar-refractivity contribution in [2.75, 3.05) is 19.8 Å². The number of hydrogen-bond donors (Lipinski definition) is 1. The Labute approximate surface area is 115 Å². The molecule has 5 nitrogen and oxygen atoms in total. The molecule has 0 aliphatic carbocycles. The van der Waals surface area contributed by atoms with Gasteiger partial charge in [-0.15, -0.1) is 0 Å². The number of ether oxygens (including phenoxy) is 2. The van der Waals surface area contributed by atoms with Crippen LogP contribution < -0.4 is 0 Å². The predicted octanol–water partition coefficient (Wildman–Crippen LogP) is 2.06. The molecule has 0 aromatic heterocycles. The third-order valence-electron chi connectivity index (χ3n) is 2.72. The van der Waals surface area contributed by atoms with Gasteiger partial charge in [-0.3, -0.25) is 9.59 Å². The first-order chi connectivity index (χ1) is 9.15. The van der Waals surface area contributed by atoms with Gasteiger partial charge in [-0.2, -0.15) is 0 Å². The first kappa shape index (κ1) is 18.1. The van der Waals surface area contributed by atoms with Crippen LogP contribution in [-0.2, 0) is 19.1 Å². The van der Waals surface area contributed by atoms with Gasteiger partial charge in [-0.25, -0.2) is 0 Å². The van der Waals surface area contributed by atoms with Crippen LogP contribution in [0.2, 0.25) is 0 Å². The number of esters is 2. The van der Waals surface area contributed by atoms with E-state index in [0.717, 1.165) is 19.3 Å². The molecule has 0 aromatic carbocycles. The van der Waals surface area contributed by atoms with Crippen molar-refractivity contribution in [1.82, 2.24) is 0 Å². The summed E-state index contributed by atoms with van der Waals surface area (Å²) >= 11 is 0. The van der Waals surface area contributed by atoms with Gasteiger partial charge in [-0.1, -0.05) is 26.7 Å². The highest BCUT2D eigenvalue weighted by molar-refractivity contribution is 5.86. The largest absolute Gasteiger partial charge is 0.395 e. The van der Waals surface area contributed by atoms with E-state index in [9.17, 15) is 9.59 Å². The van der Waals surface area contributed by atoms with Crippen LogP contribution in [0.25, 0.3) is 0 Å². The molecule has 0 amide bonds. The molecule has 5 heteroatoms. The van der Waals surface area contributed by atoms with Crippen LogP contribution in [0, 0.1) is 5.92 Å². The summed E-state index contributed by atoms with van der Waals surface area (Å²) in [6.07, 6.45) is 4.10. The molecule has 0 fully saturated rings. The van der Waals surface area contributed by atoms with Gasteiger partial charge in [0.1, 0.15) is 0 Å². The number of aliphatic hydroxyl groups excluding tert-OH is 1. The van der Waals surface area contributed by atoms with E-state index in [1.165, 1.54) is 0 Å². The number of unbranched alkanes of at least 4 members (excludes halogenated alkanes) is 1. The van der Waals surface area contributed by atoms with E-state index >= 15 is 0 Å². The maximum atomic E-state index is 11.5. The number of aliphatic hydroxyl groups is 1. The van der Waals surface area contributed by atoms with Crippen molar-refractivity contribution < 1.29 is 24.2 Å². The first-order valence-corrected chi connectivity index (χ1v) is 7.08. The molecule has 1 atom stereocenters. The number of carbonyl (C=O) groups excluding carboxylic acids is 2. The molecule has 0 bridgehead atoms. The zero-order chi connectivity index (χ0) is 14.5. The molecular weight excluding hydrogens is 248 g/mol. The topological polar surface area (TPSA) is 72.8 Å². The average Bonchev–Trinajstić information content (AvgIpc) is 2.39. The second kappa shape index (κ2) is 12.1. The van der Waals surface area contributed by atoms with Gasteiger partial charge in [-0.05, 0) is 19.3 Å². The van der Waals surface area contributed by atoms with Gasteiger partial charge in [0.15, 0.2) is 0 Å². The molecule has 0 aliphatic heterocycles. The molecule has 19 heavy (non-hydrogen) atoms. The lowest BCUT2D eigenvalue weighted by atomic mass is 10.1. The quantitative estimate of drug-likeness (QED) is 0.355. The van der Waals surface area contributed by atoms with Crippen LogP contribution in [0.15, 0.2) is 0 Å². The van der Waals surface area contributed by atoms with Gasteiger partial charge < -0.3 is 14.6 Å². The highest BCUT2D eigenvalue weighted by Crippen LogP contribution is 2.08. The lowest BCUT2D eigenvalue weighted by molar-refractivity contribution is -0.163. The lowest BCUT2D eigenvalue weighted by Crippen LogP contribution is -2.24. The van der Waals surface area contributed by atoms with Crippen molar-refractivity contribution in [2.24, 2.45) is 5.92 Å². The molecule has 0 aromatic rings. The van der Waals surface area contributed by atoms with Crippen molar-refractivity contribution in [3.63, 3.8) is 0 Å².